The summed E-state index contributed by atoms with van der Waals surface area (Å²) in [7, 11) is 0. The van der Waals surface area contributed by atoms with Gasteiger partial charge in [-0.15, -0.1) is 0 Å². The largest absolute Gasteiger partial charge is 0.248 e. The van der Waals surface area contributed by atoms with Crippen LogP contribution in [0.15, 0.2) is 158 Å². The molecule has 1 heteroatoms. The van der Waals surface area contributed by atoms with Crippen LogP contribution in [-0.4, -0.2) is 4.98 Å². The molecule has 0 fully saturated rings. The quantitative estimate of drug-likeness (QED) is 0.197. The molecule has 8 aromatic rings. The highest BCUT2D eigenvalue weighted by Gasteiger charge is 2.51. The maximum atomic E-state index is 5.30. The third-order valence-corrected chi connectivity index (χ3v) is 10.3. The molecule has 214 valence electrons. The smallest absolute Gasteiger partial charge is 0.0725 e. The molecule has 0 saturated heterocycles. The number of pyridine rings is 1. The second-order valence-electron chi connectivity index (χ2n) is 12.8. The Morgan fingerprint density at radius 2 is 1.04 bits per heavy atom. The predicted molar refractivity (Wildman–Crippen MR) is 191 cm³/mol. The fraction of sp³-hybridized carbons (Fsp3) is 0.0444. The Hall–Kier alpha value is -5.79. The molecule has 0 N–H and O–H groups in total. The lowest BCUT2D eigenvalue weighted by molar-refractivity contribution is 0.795. The standard InChI is InChI=1S/C45H29N/c1-28-19-22-43-38(23-28)36(29-11-3-2-4-12-29)27-44(46-43)32-20-21-35-37-24-30-13-5-6-14-31(30)25-42(37)45(41(35)26-32)39-17-9-7-15-33(39)34-16-8-10-18-40(34)45/h2-27H,1H3. The molecule has 7 aromatic carbocycles. The monoisotopic (exact) mass is 583 g/mol. The highest BCUT2D eigenvalue weighted by Crippen LogP contribution is 2.63. The van der Waals surface area contributed by atoms with E-state index in [4.69, 9.17) is 4.98 Å². The van der Waals surface area contributed by atoms with Gasteiger partial charge < -0.3 is 0 Å². The topological polar surface area (TPSA) is 12.9 Å². The molecule has 2 aliphatic carbocycles. The molecule has 2 aliphatic rings. The predicted octanol–water partition coefficient (Wildman–Crippen LogP) is 11.4. The van der Waals surface area contributed by atoms with Crippen LogP contribution < -0.4 is 0 Å². The Labute approximate surface area is 268 Å². The first-order valence-electron chi connectivity index (χ1n) is 16.0. The van der Waals surface area contributed by atoms with Crippen molar-refractivity contribution < 1.29 is 0 Å². The molecule has 1 spiro atoms. The zero-order valence-corrected chi connectivity index (χ0v) is 25.5. The minimum atomic E-state index is -0.409. The van der Waals surface area contributed by atoms with Gasteiger partial charge in [0.15, 0.2) is 0 Å². The van der Waals surface area contributed by atoms with E-state index >= 15 is 0 Å². The number of nitrogens with zero attached hydrogens (tertiary/aromatic N) is 1. The maximum absolute atomic E-state index is 5.30. The van der Waals surface area contributed by atoms with Crippen LogP contribution in [0, 0.1) is 6.92 Å². The van der Waals surface area contributed by atoms with Gasteiger partial charge in [0.25, 0.3) is 0 Å². The van der Waals surface area contributed by atoms with Crippen molar-refractivity contribution in [1.29, 1.82) is 0 Å². The van der Waals surface area contributed by atoms with Gasteiger partial charge in [-0.3, -0.25) is 0 Å². The van der Waals surface area contributed by atoms with Crippen LogP contribution in [0.25, 0.3) is 66.3 Å². The summed E-state index contributed by atoms with van der Waals surface area (Å²) in [5, 5.41) is 3.73. The third kappa shape index (κ3) is 3.37. The summed E-state index contributed by atoms with van der Waals surface area (Å²) in [6.45, 7) is 2.15. The van der Waals surface area contributed by atoms with Gasteiger partial charge in [-0.2, -0.15) is 0 Å². The highest BCUT2D eigenvalue weighted by atomic mass is 14.7. The fourth-order valence-electron chi connectivity index (χ4n) is 8.33. The second kappa shape index (κ2) is 9.36. The van der Waals surface area contributed by atoms with Crippen molar-refractivity contribution in [2.24, 2.45) is 0 Å². The van der Waals surface area contributed by atoms with Crippen molar-refractivity contribution in [3.05, 3.63) is 186 Å². The number of benzene rings is 7. The zero-order chi connectivity index (χ0) is 30.4. The van der Waals surface area contributed by atoms with Crippen LogP contribution >= 0.6 is 0 Å². The Balaban J connectivity index is 1.29. The first-order valence-corrected chi connectivity index (χ1v) is 16.0. The van der Waals surface area contributed by atoms with E-state index in [0.29, 0.717) is 0 Å². The molecular formula is C45H29N. The summed E-state index contributed by atoms with van der Waals surface area (Å²) in [4.78, 5) is 5.30. The third-order valence-electron chi connectivity index (χ3n) is 10.3. The summed E-state index contributed by atoms with van der Waals surface area (Å²) >= 11 is 0. The fourth-order valence-corrected chi connectivity index (χ4v) is 8.33. The van der Waals surface area contributed by atoms with Crippen LogP contribution in [-0.2, 0) is 5.41 Å². The van der Waals surface area contributed by atoms with Crippen molar-refractivity contribution in [3.63, 3.8) is 0 Å². The van der Waals surface area contributed by atoms with Gasteiger partial charge in [0.2, 0.25) is 0 Å². The Morgan fingerprint density at radius 3 is 1.80 bits per heavy atom. The lowest BCUT2D eigenvalue weighted by atomic mass is 9.70. The Bertz CT molecular complexity index is 2490. The number of aromatic nitrogens is 1. The van der Waals surface area contributed by atoms with Gasteiger partial charge in [-0.25, -0.2) is 4.98 Å². The molecule has 1 aromatic heterocycles. The molecule has 0 saturated carbocycles. The van der Waals surface area contributed by atoms with Crippen molar-refractivity contribution in [2.75, 3.05) is 0 Å². The summed E-state index contributed by atoms with van der Waals surface area (Å²) in [5.41, 5.74) is 17.1. The molecule has 0 bridgehead atoms. The van der Waals surface area contributed by atoms with Crippen molar-refractivity contribution in [1.82, 2.24) is 4.98 Å². The van der Waals surface area contributed by atoms with Gasteiger partial charge in [0.05, 0.1) is 16.6 Å². The normalized spacial score (nSPS) is 13.5. The van der Waals surface area contributed by atoms with Crippen LogP contribution in [0.4, 0.5) is 0 Å². The van der Waals surface area contributed by atoms with E-state index < -0.39 is 5.41 Å². The number of aryl methyl sites for hydroxylation is 1. The van der Waals surface area contributed by atoms with Crippen LogP contribution in [0.2, 0.25) is 0 Å². The van der Waals surface area contributed by atoms with Crippen molar-refractivity contribution in [3.8, 4) is 44.6 Å². The first-order chi connectivity index (χ1) is 22.7. The van der Waals surface area contributed by atoms with E-state index in [1.165, 1.54) is 77.4 Å². The van der Waals surface area contributed by atoms with Crippen molar-refractivity contribution >= 4 is 21.7 Å². The van der Waals surface area contributed by atoms with Gasteiger partial charge in [-0.05, 0) is 110 Å². The number of fused-ring (bicyclic) bond motifs is 12. The molecule has 1 heterocycles. The summed E-state index contributed by atoms with van der Waals surface area (Å²) in [5.74, 6) is 0. The molecule has 0 atom stereocenters. The molecule has 10 rings (SSSR count). The summed E-state index contributed by atoms with van der Waals surface area (Å²) in [6.07, 6.45) is 0. The van der Waals surface area contributed by atoms with E-state index in [2.05, 4.69) is 165 Å². The molecule has 0 aliphatic heterocycles. The number of hydrogen-bond acceptors (Lipinski definition) is 1. The van der Waals surface area contributed by atoms with E-state index in [-0.39, 0.29) is 0 Å². The summed E-state index contributed by atoms with van der Waals surface area (Å²) in [6, 6.07) is 58.3. The van der Waals surface area contributed by atoms with Crippen LogP contribution in [0.3, 0.4) is 0 Å². The van der Waals surface area contributed by atoms with Crippen molar-refractivity contribution in [2.45, 2.75) is 12.3 Å². The number of rotatable bonds is 2. The first kappa shape index (κ1) is 25.5. The average molecular weight is 584 g/mol. The van der Waals surface area contributed by atoms with Crippen LogP contribution in [0.5, 0.6) is 0 Å². The maximum Gasteiger partial charge on any atom is 0.0725 e. The van der Waals surface area contributed by atoms with E-state index in [1.54, 1.807) is 0 Å². The number of hydrogen-bond donors (Lipinski definition) is 0. The highest BCUT2D eigenvalue weighted by molar-refractivity contribution is 6.01. The lowest BCUT2D eigenvalue weighted by Gasteiger charge is -2.31. The van der Waals surface area contributed by atoms with Gasteiger partial charge in [0.1, 0.15) is 0 Å². The molecule has 0 amide bonds. The average Bonchev–Trinajstić information content (AvgIpc) is 3.57. The summed E-state index contributed by atoms with van der Waals surface area (Å²) < 4.78 is 0. The van der Waals surface area contributed by atoms with E-state index in [9.17, 15) is 0 Å². The molecule has 0 radical (unpaired) electrons. The van der Waals surface area contributed by atoms with Gasteiger partial charge in [-0.1, -0.05) is 127 Å². The van der Waals surface area contributed by atoms with Crippen LogP contribution in [0.1, 0.15) is 27.8 Å². The van der Waals surface area contributed by atoms with E-state index in [1.807, 2.05) is 0 Å². The lowest BCUT2D eigenvalue weighted by Crippen LogP contribution is -2.25. The molecule has 1 nitrogen and oxygen atoms in total. The minimum Gasteiger partial charge on any atom is -0.248 e. The van der Waals surface area contributed by atoms with Gasteiger partial charge >= 0.3 is 0 Å². The second-order valence-corrected chi connectivity index (χ2v) is 12.8. The van der Waals surface area contributed by atoms with Gasteiger partial charge in [0, 0.05) is 10.9 Å². The zero-order valence-electron chi connectivity index (χ0n) is 25.5. The Kier molecular flexibility index (Phi) is 5.19. The molecule has 46 heavy (non-hydrogen) atoms. The van der Waals surface area contributed by atoms with E-state index in [0.717, 1.165) is 16.8 Å². The molecular weight excluding hydrogens is 555 g/mol. The SMILES string of the molecule is Cc1ccc2nc(-c3ccc4c(c3)C3(c5ccccc5-c5ccccc53)c3cc5ccccc5cc3-4)cc(-c3ccccc3)c2c1. The molecule has 0 unspecified atom stereocenters. The Morgan fingerprint density at radius 1 is 0.413 bits per heavy atom. The minimum absolute atomic E-state index is 0.409.